The third kappa shape index (κ3) is 3.45. The number of hydrogen-bond donors (Lipinski definition) is 1. The number of amides is 1. The molecular weight excluding hydrogens is 380 g/mol. The van der Waals surface area contributed by atoms with E-state index >= 15 is 0 Å². The lowest BCUT2D eigenvalue weighted by atomic mass is 10.1. The molecule has 1 N–H and O–H groups in total. The topological polar surface area (TPSA) is 78.3 Å². The van der Waals surface area contributed by atoms with Crippen LogP contribution >= 0.6 is 0 Å². The van der Waals surface area contributed by atoms with E-state index in [-0.39, 0.29) is 5.91 Å². The number of fused-ring (bicyclic) bond motifs is 1. The summed E-state index contributed by atoms with van der Waals surface area (Å²) in [7, 11) is 3.13. The molecule has 1 amide bonds. The van der Waals surface area contributed by atoms with Crippen LogP contribution in [0.15, 0.2) is 54.6 Å². The van der Waals surface area contributed by atoms with Crippen molar-refractivity contribution < 1.29 is 14.3 Å². The number of rotatable bonds is 5. The van der Waals surface area contributed by atoms with Gasteiger partial charge in [0, 0.05) is 17.4 Å². The number of ether oxygens (including phenoxy) is 2. The van der Waals surface area contributed by atoms with E-state index in [0.29, 0.717) is 28.4 Å². The highest BCUT2D eigenvalue weighted by Crippen LogP contribution is 2.31. The Labute approximate surface area is 174 Å². The number of carbonyl (C=O) groups is 1. The van der Waals surface area contributed by atoms with E-state index in [1.165, 1.54) is 0 Å². The van der Waals surface area contributed by atoms with Gasteiger partial charge >= 0.3 is 0 Å². The van der Waals surface area contributed by atoms with Crippen molar-refractivity contribution in [1.82, 2.24) is 14.8 Å². The second-order valence-corrected chi connectivity index (χ2v) is 6.87. The fourth-order valence-corrected chi connectivity index (χ4v) is 3.45. The van der Waals surface area contributed by atoms with Crippen molar-refractivity contribution in [2.24, 2.45) is 0 Å². The Hall–Kier alpha value is -3.87. The van der Waals surface area contributed by atoms with Crippen molar-refractivity contribution in [2.75, 3.05) is 19.5 Å². The van der Waals surface area contributed by atoms with Gasteiger partial charge in [0.25, 0.3) is 5.91 Å². The van der Waals surface area contributed by atoms with Gasteiger partial charge in [0.15, 0.2) is 17.1 Å². The lowest BCUT2D eigenvalue weighted by Gasteiger charge is -2.11. The zero-order valence-corrected chi connectivity index (χ0v) is 17.3. The molecule has 7 nitrogen and oxygen atoms in total. The number of anilines is 1. The lowest BCUT2D eigenvalue weighted by molar-refractivity contribution is 0.102. The Bertz CT molecular complexity index is 1230. The minimum absolute atomic E-state index is 0.242. The number of pyridine rings is 1. The summed E-state index contributed by atoms with van der Waals surface area (Å²) in [5, 5.41) is 8.30. The van der Waals surface area contributed by atoms with Gasteiger partial charge in [0.2, 0.25) is 0 Å². The van der Waals surface area contributed by atoms with Gasteiger partial charge in [-0.2, -0.15) is 5.10 Å². The lowest BCUT2D eigenvalue weighted by Crippen LogP contribution is -2.13. The van der Waals surface area contributed by atoms with Crippen molar-refractivity contribution in [1.29, 1.82) is 0 Å². The van der Waals surface area contributed by atoms with Gasteiger partial charge < -0.3 is 14.8 Å². The highest BCUT2D eigenvalue weighted by atomic mass is 16.5. The SMILES string of the molecule is COc1ccc(NC(=O)c2cc(C)nc3c2c(C)nn3-c2ccccc2)cc1OC. The number of methoxy groups -OCH3 is 2. The quantitative estimate of drug-likeness (QED) is 0.538. The summed E-state index contributed by atoms with van der Waals surface area (Å²) >= 11 is 0. The van der Waals surface area contributed by atoms with E-state index in [1.54, 1.807) is 43.2 Å². The van der Waals surface area contributed by atoms with E-state index < -0.39 is 0 Å². The van der Waals surface area contributed by atoms with Crippen LogP contribution in [0.3, 0.4) is 0 Å². The van der Waals surface area contributed by atoms with Crippen LogP contribution in [0.4, 0.5) is 5.69 Å². The number of para-hydroxylation sites is 1. The van der Waals surface area contributed by atoms with Gasteiger partial charge in [-0.05, 0) is 44.2 Å². The molecule has 2 heterocycles. The van der Waals surface area contributed by atoms with Gasteiger partial charge in [0.1, 0.15) is 0 Å². The number of hydrogen-bond acceptors (Lipinski definition) is 5. The third-order valence-electron chi connectivity index (χ3n) is 4.83. The van der Waals surface area contributed by atoms with Gasteiger partial charge in [0.05, 0.1) is 36.6 Å². The van der Waals surface area contributed by atoms with E-state index in [1.807, 2.05) is 44.2 Å². The summed E-state index contributed by atoms with van der Waals surface area (Å²) < 4.78 is 12.4. The average molecular weight is 402 g/mol. The summed E-state index contributed by atoms with van der Waals surface area (Å²) in [5.74, 6) is 0.894. The first-order chi connectivity index (χ1) is 14.5. The summed E-state index contributed by atoms with van der Waals surface area (Å²) in [6.45, 7) is 3.75. The molecule has 0 saturated carbocycles. The molecule has 2 aromatic heterocycles. The van der Waals surface area contributed by atoms with E-state index in [4.69, 9.17) is 9.47 Å². The van der Waals surface area contributed by atoms with E-state index in [9.17, 15) is 4.79 Å². The Kier molecular flexibility index (Phi) is 5.10. The molecule has 0 bridgehead atoms. The number of nitrogens with zero attached hydrogens (tertiary/aromatic N) is 3. The first-order valence-electron chi connectivity index (χ1n) is 9.47. The Balaban J connectivity index is 1.77. The van der Waals surface area contributed by atoms with Gasteiger partial charge in [-0.15, -0.1) is 0 Å². The van der Waals surface area contributed by atoms with Gasteiger partial charge in [-0.25, -0.2) is 9.67 Å². The van der Waals surface area contributed by atoms with Crippen molar-refractivity contribution in [3.05, 3.63) is 71.5 Å². The van der Waals surface area contributed by atoms with Crippen LogP contribution in [-0.2, 0) is 0 Å². The molecule has 0 unspecified atom stereocenters. The summed E-state index contributed by atoms with van der Waals surface area (Å²) in [4.78, 5) is 17.8. The zero-order chi connectivity index (χ0) is 21.3. The molecule has 0 aliphatic rings. The largest absolute Gasteiger partial charge is 0.493 e. The Morgan fingerprint density at radius 3 is 2.40 bits per heavy atom. The number of nitrogens with one attached hydrogen (secondary N) is 1. The number of carbonyl (C=O) groups excluding carboxylic acids is 1. The maximum Gasteiger partial charge on any atom is 0.256 e. The molecule has 0 aliphatic carbocycles. The van der Waals surface area contributed by atoms with Crippen LogP contribution in [-0.4, -0.2) is 34.9 Å². The molecule has 7 heteroatoms. The van der Waals surface area contributed by atoms with Crippen LogP contribution < -0.4 is 14.8 Å². The van der Waals surface area contributed by atoms with Crippen molar-refractivity contribution in [2.45, 2.75) is 13.8 Å². The average Bonchev–Trinajstić information content (AvgIpc) is 3.09. The highest BCUT2D eigenvalue weighted by Gasteiger charge is 2.20. The zero-order valence-electron chi connectivity index (χ0n) is 17.3. The van der Waals surface area contributed by atoms with Crippen LogP contribution in [0.1, 0.15) is 21.7 Å². The predicted octanol–water partition coefficient (Wildman–Crippen LogP) is 4.31. The smallest absolute Gasteiger partial charge is 0.256 e. The Morgan fingerprint density at radius 1 is 0.967 bits per heavy atom. The number of aryl methyl sites for hydroxylation is 2. The van der Waals surface area contributed by atoms with Crippen LogP contribution in [0.25, 0.3) is 16.7 Å². The number of aromatic nitrogens is 3. The van der Waals surface area contributed by atoms with E-state index in [2.05, 4.69) is 15.4 Å². The molecule has 0 spiro atoms. The predicted molar refractivity (Wildman–Crippen MR) is 116 cm³/mol. The molecule has 0 radical (unpaired) electrons. The molecule has 0 saturated heterocycles. The van der Waals surface area contributed by atoms with Crippen molar-refractivity contribution >= 4 is 22.6 Å². The fraction of sp³-hybridized carbons (Fsp3) is 0.174. The van der Waals surface area contributed by atoms with Crippen LogP contribution in [0.2, 0.25) is 0 Å². The second-order valence-electron chi connectivity index (χ2n) is 6.87. The summed E-state index contributed by atoms with van der Waals surface area (Å²) in [6.07, 6.45) is 0. The maximum atomic E-state index is 13.2. The second kappa shape index (κ2) is 7.87. The van der Waals surface area contributed by atoms with Gasteiger partial charge in [-0.1, -0.05) is 18.2 Å². The first kappa shape index (κ1) is 19.4. The standard InChI is InChI=1S/C23H22N4O3/c1-14-12-18(23(28)25-16-10-11-19(29-3)20(13-16)30-4)21-15(2)26-27(22(21)24-14)17-8-6-5-7-9-17/h5-13H,1-4H3,(H,25,28). The molecule has 4 rings (SSSR count). The van der Waals surface area contributed by atoms with E-state index in [0.717, 1.165) is 22.5 Å². The molecule has 2 aromatic carbocycles. The highest BCUT2D eigenvalue weighted by molar-refractivity contribution is 6.12. The molecular formula is C23H22N4O3. The fourth-order valence-electron chi connectivity index (χ4n) is 3.45. The normalized spacial score (nSPS) is 10.8. The van der Waals surface area contributed by atoms with Crippen LogP contribution in [0, 0.1) is 13.8 Å². The van der Waals surface area contributed by atoms with Crippen LogP contribution in [0.5, 0.6) is 11.5 Å². The molecule has 152 valence electrons. The third-order valence-corrected chi connectivity index (χ3v) is 4.83. The minimum atomic E-state index is -0.242. The first-order valence-corrected chi connectivity index (χ1v) is 9.47. The summed E-state index contributed by atoms with van der Waals surface area (Å²) in [6, 6.07) is 16.8. The molecule has 4 aromatic rings. The minimum Gasteiger partial charge on any atom is -0.493 e. The van der Waals surface area contributed by atoms with Crippen molar-refractivity contribution in [3.63, 3.8) is 0 Å². The molecule has 0 aliphatic heterocycles. The maximum absolute atomic E-state index is 13.2. The monoisotopic (exact) mass is 402 g/mol. The van der Waals surface area contributed by atoms with Crippen molar-refractivity contribution in [3.8, 4) is 17.2 Å². The molecule has 30 heavy (non-hydrogen) atoms. The molecule has 0 atom stereocenters. The van der Waals surface area contributed by atoms with Gasteiger partial charge in [-0.3, -0.25) is 4.79 Å². The summed E-state index contributed by atoms with van der Waals surface area (Å²) in [5.41, 5.74) is 4.13. The molecule has 0 fully saturated rings. The Morgan fingerprint density at radius 2 is 1.70 bits per heavy atom. The number of benzene rings is 2.